The summed E-state index contributed by atoms with van der Waals surface area (Å²) in [6.07, 6.45) is 0. The van der Waals surface area contributed by atoms with E-state index in [0.717, 1.165) is 78.1 Å². The van der Waals surface area contributed by atoms with Gasteiger partial charge in [-0.05, 0) is 74.8 Å². The van der Waals surface area contributed by atoms with Gasteiger partial charge in [0.1, 0.15) is 0 Å². The predicted octanol–water partition coefficient (Wildman–Crippen LogP) is 25.6. The van der Waals surface area contributed by atoms with Crippen LogP contribution in [0.5, 0.6) is 0 Å². The molecule has 20 rings (SSSR count). The van der Waals surface area contributed by atoms with Crippen LogP contribution >= 0.6 is 22.7 Å². The Morgan fingerprint density at radius 3 is 0.821 bits per heavy atom. The Balaban J connectivity index is 0.000000149. The van der Waals surface area contributed by atoms with Crippen LogP contribution in [-0.2, 0) is 0 Å². The van der Waals surface area contributed by atoms with E-state index >= 15 is 0 Å². The van der Waals surface area contributed by atoms with Gasteiger partial charge in [-0.2, -0.15) is 0 Å². The van der Waals surface area contributed by atoms with E-state index < -0.39 is 0 Å². The summed E-state index contributed by atoms with van der Waals surface area (Å²) in [4.78, 5) is 40.9. The van der Waals surface area contributed by atoms with Gasteiger partial charge < -0.3 is 0 Å². The number of nitrogens with zero attached hydrogens (tertiary/aromatic N) is 8. The van der Waals surface area contributed by atoms with Gasteiger partial charge in [0.25, 0.3) is 0 Å². The largest absolute Gasteiger partial charge is 0.247 e. The highest BCUT2D eigenvalue weighted by Gasteiger charge is 2.23. The van der Waals surface area contributed by atoms with Crippen LogP contribution in [0.3, 0.4) is 0 Å². The summed E-state index contributed by atoms with van der Waals surface area (Å²) < 4.78 is 4.98. The molecular formula is C96H60N8S2. The summed E-state index contributed by atoms with van der Waals surface area (Å²) >= 11 is 3.68. The van der Waals surface area contributed by atoms with Crippen molar-refractivity contribution in [2.45, 2.75) is 0 Å². The molecule has 0 aliphatic heterocycles. The van der Waals surface area contributed by atoms with Crippen molar-refractivity contribution in [1.29, 1.82) is 0 Å². The Kier molecular flexibility index (Phi) is 16.5. The number of fused-ring (bicyclic) bond motifs is 10. The minimum absolute atomic E-state index is 0.612. The molecule has 6 aromatic heterocycles. The van der Waals surface area contributed by atoms with Crippen LogP contribution in [-0.4, -0.2) is 39.9 Å². The van der Waals surface area contributed by atoms with Crippen molar-refractivity contribution in [3.05, 3.63) is 364 Å². The van der Waals surface area contributed by atoms with Gasteiger partial charge in [-0.1, -0.05) is 334 Å². The van der Waals surface area contributed by atoms with Gasteiger partial charge >= 0.3 is 0 Å². The summed E-state index contributed by atoms with van der Waals surface area (Å²) in [6, 6.07) is 126. The highest BCUT2D eigenvalue weighted by atomic mass is 32.1. The van der Waals surface area contributed by atoms with Gasteiger partial charge in [0.2, 0.25) is 0 Å². The lowest BCUT2D eigenvalue weighted by Crippen LogP contribution is -2.00. The van der Waals surface area contributed by atoms with Gasteiger partial charge in [-0.3, -0.25) is 0 Å². The maximum atomic E-state index is 5.42. The van der Waals surface area contributed by atoms with Gasteiger partial charge in [0.15, 0.2) is 34.9 Å². The minimum Gasteiger partial charge on any atom is -0.247 e. The van der Waals surface area contributed by atoms with Crippen molar-refractivity contribution < 1.29 is 0 Å². The maximum Gasteiger partial charge on any atom is 0.164 e. The maximum absolute atomic E-state index is 5.42. The Morgan fingerprint density at radius 2 is 0.434 bits per heavy atom. The molecule has 0 radical (unpaired) electrons. The zero-order valence-electron chi connectivity index (χ0n) is 57.0. The van der Waals surface area contributed by atoms with Crippen LogP contribution in [0.4, 0.5) is 0 Å². The topological polar surface area (TPSA) is 103 Å². The molecule has 0 unspecified atom stereocenters. The molecule has 0 saturated heterocycles. The van der Waals surface area contributed by atoms with E-state index in [1.807, 2.05) is 95.5 Å². The van der Waals surface area contributed by atoms with Gasteiger partial charge in [-0.15, -0.1) is 22.7 Å². The van der Waals surface area contributed by atoms with Crippen LogP contribution in [0.25, 0.3) is 197 Å². The number of thiophene rings is 2. The molecule has 0 amide bonds. The zero-order chi connectivity index (χ0) is 70.3. The van der Waals surface area contributed by atoms with Gasteiger partial charge in [0.05, 0.1) is 22.4 Å². The Hall–Kier alpha value is -13.6. The first-order chi connectivity index (χ1) is 52.5. The van der Waals surface area contributed by atoms with Crippen molar-refractivity contribution in [2.24, 2.45) is 0 Å². The number of pyridine rings is 2. The van der Waals surface area contributed by atoms with E-state index in [1.165, 1.54) is 84.5 Å². The second kappa shape index (κ2) is 27.6. The molecule has 14 aromatic carbocycles. The molecule has 0 saturated carbocycles. The fraction of sp³-hybridized carbons (Fsp3) is 0. The molecule has 0 aliphatic carbocycles. The van der Waals surface area contributed by atoms with Gasteiger partial charge in [-0.25, -0.2) is 39.9 Å². The van der Waals surface area contributed by atoms with Crippen molar-refractivity contribution in [3.8, 4) is 135 Å². The first-order valence-electron chi connectivity index (χ1n) is 35.3. The van der Waals surface area contributed by atoms with Crippen molar-refractivity contribution >= 4 is 84.8 Å². The molecule has 0 aliphatic rings. The van der Waals surface area contributed by atoms with E-state index in [9.17, 15) is 0 Å². The highest BCUT2D eigenvalue weighted by Crippen LogP contribution is 2.48. The summed E-state index contributed by atoms with van der Waals surface area (Å²) in [5, 5.41) is 7.15. The SMILES string of the molecule is c1ccc(-c2ccc(-c3nc(-c4ccc(-c5ccccc5)cc4)nc(-c4ccc(-c5nc6cccc(-c7ccccc7)c6c6sc7ccccc7c56)cc4)n3)cc2)cc1.c1ccc(-c2nc(-c3ccccc3)nc(-c3cccc(-c4nc5cccc(-c6ccccc6)c5c5sc6ccccc6c45)c3)n2)cc1. The standard InChI is InChI=1S/C54H34N4S.C42H26N4S/c1-4-13-35(14-5-1)37-23-29-41(30-24-37)52-56-53(42-31-25-38(26-32-42)36-15-6-2-7-16-36)58-54(57-52)43-33-27-40(28-34-43)50-49-45-19-10-11-22-47(45)59-51(49)48-44(20-12-21-46(48)55-50)39-17-8-3-9-18-39;1-4-14-27(15-5-1)32-23-13-24-34-36(32)39-37(33-22-10-11-25-35(33)47-39)38(43-34)30-20-12-21-31(26-30)42-45-40(28-16-6-2-7-17-28)44-41(46-42)29-18-8-3-9-19-29/h1-34H;1-26H. The van der Waals surface area contributed by atoms with Crippen molar-refractivity contribution in [2.75, 3.05) is 0 Å². The fourth-order valence-electron chi connectivity index (χ4n) is 14.3. The predicted molar refractivity (Wildman–Crippen MR) is 441 cm³/mol. The average Bonchev–Trinajstić information content (AvgIpc) is 1.57. The number of hydrogen-bond donors (Lipinski definition) is 0. The fourth-order valence-corrected chi connectivity index (χ4v) is 16.9. The normalized spacial score (nSPS) is 11.4. The molecule has 0 atom stereocenters. The molecule has 6 heterocycles. The monoisotopic (exact) mass is 1390 g/mol. The smallest absolute Gasteiger partial charge is 0.164 e. The van der Waals surface area contributed by atoms with Crippen molar-refractivity contribution in [1.82, 2.24) is 39.9 Å². The number of benzene rings is 14. The van der Waals surface area contributed by atoms with E-state index in [-0.39, 0.29) is 0 Å². The van der Waals surface area contributed by atoms with Crippen LogP contribution in [0.2, 0.25) is 0 Å². The second-order valence-electron chi connectivity index (χ2n) is 26.0. The zero-order valence-corrected chi connectivity index (χ0v) is 58.7. The summed E-state index contributed by atoms with van der Waals surface area (Å²) in [6.45, 7) is 0. The van der Waals surface area contributed by atoms with Crippen LogP contribution in [0.1, 0.15) is 0 Å². The lowest BCUT2D eigenvalue weighted by atomic mass is 9.96. The molecule has 8 nitrogen and oxygen atoms in total. The molecular weight excluding hydrogens is 1330 g/mol. The van der Waals surface area contributed by atoms with E-state index in [2.05, 4.69) is 291 Å². The molecule has 0 fully saturated rings. The summed E-state index contributed by atoms with van der Waals surface area (Å²) in [7, 11) is 0. The Bertz CT molecular complexity index is 6480. The molecule has 10 heteroatoms. The Labute approximate surface area is 619 Å². The molecule has 0 spiro atoms. The number of rotatable bonds is 12. The van der Waals surface area contributed by atoms with Gasteiger partial charge in [0, 0.05) is 95.6 Å². The number of hydrogen-bond acceptors (Lipinski definition) is 10. The highest BCUT2D eigenvalue weighted by molar-refractivity contribution is 7.27. The molecule has 0 N–H and O–H groups in total. The first-order valence-corrected chi connectivity index (χ1v) is 36.9. The number of aromatic nitrogens is 8. The third-order valence-electron chi connectivity index (χ3n) is 19.5. The first kappa shape index (κ1) is 63.3. The lowest BCUT2D eigenvalue weighted by molar-refractivity contribution is 1.07. The molecule has 106 heavy (non-hydrogen) atoms. The summed E-state index contributed by atoms with van der Waals surface area (Å²) in [5.41, 5.74) is 20.9. The van der Waals surface area contributed by atoms with Crippen LogP contribution < -0.4 is 0 Å². The van der Waals surface area contributed by atoms with E-state index in [4.69, 9.17) is 39.9 Å². The third kappa shape index (κ3) is 12.1. The molecule has 0 bridgehead atoms. The third-order valence-corrected chi connectivity index (χ3v) is 21.9. The quantitative estimate of drug-likeness (QED) is 0.119. The van der Waals surface area contributed by atoms with Crippen LogP contribution in [0.15, 0.2) is 364 Å². The minimum atomic E-state index is 0.612. The molecule has 496 valence electrons. The van der Waals surface area contributed by atoms with Crippen LogP contribution in [0, 0.1) is 0 Å². The average molecular weight is 1390 g/mol. The lowest BCUT2D eigenvalue weighted by Gasteiger charge is -2.13. The molecule has 20 aromatic rings. The van der Waals surface area contributed by atoms with Crippen molar-refractivity contribution in [3.63, 3.8) is 0 Å². The van der Waals surface area contributed by atoms with E-state index in [1.54, 1.807) is 0 Å². The summed E-state index contributed by atoms with van der Waals surface area (Å²) in [5.74, 6) is 3.76. The Morgan fingerprint density at radius 1 is 0.170 bits per heavy atom. The second-order valence-corrected chi connectivity index (χ2v) is 28.2. The van der Waals surface area contributed by atoms with E-state index in [0.29, 0.717) is 34.9 Å².